The highest BCUT2D eigenvalue weighted by atomic mass is 16.3. The number of benzene rings is 1. The molecule has 0 bridgehead atoms. The van der Waals surface area contributed by atoms with E-state index in [1.807, 2.05) is 50.5 Å². The molecule has 1 aromatic carbocycles. The monoisotopic (exact) mass is 436 g/mol. The molecule has 0 aliphatic carbocycles. The van der Waals surface area contributed by atoms with Crippen LogP contribution in [0.2, 0.25) is 0 Å². The van der Waals surface area contributed by atoms with Gasteiger partial charge in [0.05, 0.1) is 18.0 Å². The first kappa shape index (κ1) is 20.6. The second kappa shape index (κ2) is 8.35. The fourth-order valence-corrected chi connectivity index (χ4v) is 3.84. The molecule has 5 rings (SSSR count). The molecule has 0 spiro atoms. The van der Waals surface area contributed by atoms with Gasteiger partial charge in [0.1, 0.15) is 23.0 Å². The normalized spacial score (nSPS) is 12.1. The van der Waals surface area contributed by atoms with E-state index in [-0.39, 0.29) is 6.04 Å². The average Bonchev–Trinajstić information content (AvgIpc) is 3.19. The number of aromatic nitrogens is 4. The van der Waals surface area contributed by atoms with Crippen LogP contribution in [0.1, 0.15) is 29.9 Å². The molecule has 5 aromatic rings. The van der Waals surface area contributed by atoms with Gasteiger partial charge in [0.15, 0.2) is 0 Å². The largest absolute Gasteiger partial charge is 0.464 e. The van der Waals surface area contributed by atoms with E-state index >= 15 is 0 Å². The van der Waals surface area contributed by atoms with Gasteiger partial charge in [-0.3, -0.25) is 4.98 Å². The zero-order valence-corrected chi connectivity index (χ0v) is 18.7. The zero-order valence-electron chi connectivity index (χ0n) is 18.7. The lowest BCUT2D eigenvalue weighted by atomic mass is 10.0. The van der Waals surface area contributed by atoms with E-state index in [1.165, 1.54) is 0 Å². The highest BCUT2D eigenvalue weighted by Crippen LogP contribution is 2.29. The maximum atomic E-state index is 5.71. The molecule has 0 aliphatic heterocycles. The van der Waals surface area contributed by atoms with Crippen molar-refractivity contribution in [1.82, 2.24) is 19.9 Å². The Morgan fingerprint density at radius 2 is 1.76 bits per heavy atom. The predicted octanol–water partition coefficient (Wildman–Crippen LogP) is 5.72. The van der Waals surface area contributed by atoms with Crippen molar-refractivity contribution in [3.8, 4) is 22.4 Å². The number of nitrogens with zero attached hydrogens (tertiary/aromatic N) is 4. The Kier molecular flexibility index (Phi) is 5.22. The van der Waals surface area contributed by atoms with Crippen LogP contribution < -0.4 is 11.1 Å². The number of fused-ring (bicyclic) bond motifs is 1. The molecular formula is C26H24N6O. The number of hydrogen-bond acceptors (Lipinski definition) is 7. The van der Waals surface area contributed by atoms with Crippen LogP contribution in [0.5, 0.6) is 0 Å². The number of hydrogen-bond donors (Lipinski definition) is 2. The van der Waals surface area contributed by atoms with Crippen LogP contribution in [0.3, 0.4) is 0 Å². The van der Waals surface area contributed by atoms with E-state index < -0.39 is 0 Å². The third-order valence-corrected chi connectivity index (χ3v) is 5.64. The second-order valence-electron chi connectivity index (χ2n) is 8.16. The molecule has 0 saturated carbocycles. The number of pyridine rings is 2. The van der Waals surface area contributed by atoms with E-state index in [0.717, 1.165) is 50.3 Å². The van der Waals surface area contributed by atoms with Gasteiger partial charge in [-0.2, -0.15) is 0 Å². The van der Waals surface area contributed by atoms with Gasteiger partial charge in [0.2, 0.25) is 0 Å². The number of nitrogens with two attached hydrogens (primary N) is 1. The van der Waals surface area contributed by atoms with Crippen molar-refractivity contribution in [2.75, 3.05) is 11.1 Å². The van der Waals surface area contributed by atoms with Gasteiger partial charge in [-0.1, -0.05) is 0 Å². The number of furan rings is 1. The first-order valence-corrected chi connectivity index (χ1v) is 10.7. The van der Waals surface area contributed by atoms with Crippen LogP contribution in [-0.4, -0.2) is 19.9 Å². The van der Waals surface area contributed by atoms with Crippen LogP contribution >= 0.6 is 0 Å². The fraction of sp³-hybridized carbons (Fsp3) is 0.154. The lowest BCUT2D eigenvalue weighted by Crippen LogP contribution is -2.09. The van der Waals surface area contributed by atoms with Gasteiger partial charge in [0, 0.05) is 46.7 Å². The van der Waals surface area contributed by atoms with Crippen molar-refractivity contribution in [2.45, 2.75) is 26.8 Å². The summed E-state index contributed by atoms with van der Waals surface area (Å²) in [4.78, 5) is 17.9. The maximum Gasteiger partial charge on any atom is 0.134 e. The summed E-state index contributed by atoms with van der Waals surface area (Å²) in [5.74, 6) is 1.95. The highest BCUT2D eigenvalue weighted by molar-refractivity contribution is 5.85. The lowest BCUT2D eigenvalue weighted by Gasteiger charge is -2.16. The second-order valence-corrected chi connectivity index (χ2v) is 8.16. The van der Waals surface area contributed by atoms with Crippen molar-refractivity contribution in [1.29, 1.82) is 0 Å². The molecule has 0 aliphatic rings. The SMILES string of the molecule is Cc1nc(NC(C)c2cncc(-c3ccc(N)nc3)c2)cc(-c2ccc3occ(C)c3c2)n1. The summed E-state index contributed by atoms with van der Waals surface area (Å²) in [6.45, 7) is 6.02. The number of nitrogens with one attached hydrogen (secondary N) is 1. The summed E-state index contributed by atoms with van der Waals surface area (Å²) in [5, 5.41) is 4.58. The van der Waals surface area contributed by atoms with Crippen molar-refractivity contribution >= 4 is 22.6 Å². The van der Waals surface area contributed by atoms with Crippen molar-refractivity contribution in [2.24, 2.45) is 0 Å². The minimum Gasteiger partial charge on any atom is -0.464 e. The number of rotatable bonds is 5. The zero-order chi connectivity index (χ0) is 22.9. The average molecular weight is 437 g/mol. The summed E-state index contributed by atoms with van der Waals surface area (Å²) >= 11 is 0. The summed E-state index contributed by atoms with van der Waals surface area (Å²) in [6.07, 6.45) is 7.21. The molecule has 0 saturated heterocycles. The lowest BCUT2D eigenvalue weighted by molar-refractivity contribution is 0.613. The Morgan fingerprint density at radius 3 is 2.58 bits per heavy atom. The van der Waals surface area contributed by atoms with Crippen molar-refractivity contribution in [3.63, 3.8) is 0 Å². The summed E-state index contributed by atoms with van der Waals surface area (Å²) in [5.41, 5.74) is 12.6. The summed E-state index contributed by atoms with van der Waals surface area (Å²) in [7, 11) is 0. The van der Waals surface area contributed by atoms with Gasteiger partial charge >= 0.3 is 0 Å². The standard InChI is InChI=1S/C26H24N6O/c1-15-14-33-24-6-4-18(9-22(15)24)23-10-26(32-17(3)31-23)30-16(2)20-8-21(12-28-11-20)19-5-7-25(27)29-13-19/h4-14,16H,1-3H3,(H2,27,29)(H,30,31,32). The van der Waals surface area contributed by atoms with Gasteiger partial charge in [-0.15, -0.1) is 0 Å². The third kappa shape index (κ3) is 4.25. The Labute approximate surface area is 191 Å². The number of nitrogen functional groups attached to an aromatic ring is 1. The Morgan fingerprint density at radius 1 is 0.909 bits per heavy atom. The Balaban J connectivity index is 1.42. The molecule has 1 atom stereocenters. The molecule has 0 radical (unpaired) electrons. The Hall–Kier alpha value is -4.26. The third-order valence-electron chi connectivity index (χ3n) is 5.64. The van der Waals surface area contributed by atoms with Gasteiger partial charge < -0.3 is 15.5 Å². The van der Waals surface area contributed by atoms with E-state index in [4.69, 9.17) is 10.2 Å². The molecule has 0 fully saturated rings. The van der Waals surface area contributed by atoms with Gasteiger partial charge in [-0.05, 0) is 68.3 Å². The van der Waals surface area contributed by atoms with Crippen LogP contribution in [0.15, 0.2) is 71.7 Å². The fourth-order valence-electron chi connectivity index (χ4n) is 3.84. The van der Waals surface area contributed by atoms with Crippen LogP contribution in [0, 0.1) is 13.8 Å². The number of anilines is 2. The van der Waals surface area contributed by atoms with Crippen molar-refractivity contribution < 1.29 is 4.42 Å². The van der Waals surface area contributed by atoms with Gasteiger partial charge in [-0.25, -0.2) is 15.0 Å². The topological polar surface area (TPSA) is 103 Å². The minimum absolute atomic E-state index is 0.0139. The predicted molar refractivity (Wildman–Crippen MR) is 131 cm³/mol. The molecule has 7 nitrogen and oxygen atoms in total. The van der Waals surface area contributed by atoms with Crippen LogP contribution in [0.4, 0.5) is 11.6 Å². The molecule has 4 aromatic heterocycles. The quantitative estimate of drug-likeness (QED) is 0.363. The van der Waals surface area contributed by atoms with Crippen LogP contribution in [0.25, 0.3) is 33.4 Å². The highest BCUT2D eigenvalue weighted by Gasteiger charge is 2.12. The first-order valence-electron chi connectivity index (χ1n) is 10.7. The minimum atomic E-state index is -0.0139. The van der Waals surface area contributed by atoms with E-state index in [2.05, 4.69) is 44.3 Å². The molecular weight excluding hydrogens is 412 g/mol. The van der Waals surface area contributed by atoms with Crippen molar-refractivity contribution in [3.05, 3.63) is 84.3 Å². The molecule has 7 heteroatoms. The summed E-state index contributed by atoms with van der Waals surface area (Å²) < 4.78 is 5.57. The first-order chi connectivity index (χ1) is 16.0. The molecule has 0 amide bonds. The molecule has 33 heavy (non-hydrogen) atoms. The van der Waals surface area contributed by atoms with E-state index in [0.29, 0.717) is 11.6 Å². The van der Waals surface area contributed by atoms with E-state index in [1.54, 1.807) is 18.5 Å². The molecule has 4 heterocycles. The smallest absolute Gasteiger partial charge is 0.134 e. The molecule has 164 valence electrons. The Bertz CT molecular complexity index is 1440. The maximum absolute atomic E-state index is 5.71. The van der Waals surface area contributed by atoms with Gasteiger partial charge in [0.25, 0.3) is 0 Å². The molecule has 1 unspecified atom stereocenters. The summed E-state index contributed by atoms with van der Waals surface area (Å²) in [6, 6.07) is 13.9. The number of aryl methyl sites for hydroxylation is 2. The van der Waals surface area contributed by atoms with Crippen LogP contribution in [-0.2, 0) is 0 Å². The molecule has 3 N–H and O–H groups in total. The van der Waals surface area contributed by atoms with E-state index in [9.17, 15) is 0 Å².